The molecule has 1 N–H and O–H groups in total. The second-order valence-corrected chi connectivity index (χ2v) is 5.05. The van der Waals surface area contributed by atoms with Gasteiger partial charge in [0.1, 0.15) is 11.6 Å². The van der Waals surface area contributed by atoms with Crippen LogP contribution >= 0.6 is 12.2 Å². The van der Waals surface area contributed by atoms with E-state index in [9.17, 15) is 8.78 Å². The second-order valence-electron chi connectivity index (χ2n) is 4.66. The number of hydrogen-bond donors (Lipinski definition) is 1. The van der Waals surface area contributed by atoms with Crippen molar-refractivity contribution in [2.75, 3.05) is 0 Å². The number of benzene rings is 2. The Morgan fingerprint density at radius 1 is 1.15 bits per heavy atom. The number of fused-ring (bicyclic) bond motifs is 1. The molecule has 3 rings (SSSR count). The third-order valence-electron chi connectivity index (χ3n) is 3.42. The fourth-order valence-corrected chi connectivity index (χ4v) is 2.81. The highest BCUT2D eigenvalue weighted by Gasteiger charge is 2.16. The number of imidazole rings is 1. The third kappa shape index (κ3) is 2.04. The van der Waals surface area contributed by atoms with Crippen molar-refractivity contribution in [1.82, 2.24) is 9.55 Å². The molecule has 0 aliphatic rings. The van der Waals surface area contributed by atoms with Crippen molar-refractivity contribution >= 4 is 23.3 Å². The normalized spacial score (nSPS) is 12.8. The summed E-state index contributed by atoms with van der Waals surface area (Å²) in [6, 6.07) is 10.7. The van der Waals surface area contributed by atoms with Crippen LogP contribution in [0.15, 0.2) is 42.5 Å². The SMILES string of the molecule is CC(c1ccccc1F)n1c(=S)[nH]c2cc(F)ccc21. The van der Waals surface area contributed by atoms with E-state index in [1.165, 1.54) is 18.2 Å². The number of nitrogens with zero attached hydrogens (tertiary/aromatic N) is 1. The molecule has 0 saturated carbocycles. The fourth-order valence-electron chi connectivity index (χ4n) is 2.44. The number of rotatable bonds is 2. The number of nitrogens with one attached hydrogen (secondary N) is 1. The molecule has 1 aromatic heterocycles. The van der Waals surface area contributed by atoms with E-state index in [2.05, 4.69) is 4.98 Å². The van der Waals surface area contributed by atoms with Gasteiger partial charge in [-0.2, -0.15) is 0 Å². The zero-order valence-electron chi connectivity index (χ0n) is 10.7. The van der Waals surface area contributed by atoms with Crippen molar-refractivity contribution in [3.8, 4) is 0 Å². The molecule has 1 unspecified atom stereocenters. The van der Waals surface area contributed by atoms with Gasteiger partial charge in [0, 0.05) is 5.56 Å². The summed E-state index contributed by atoms with van der Waals surface area (Å²) in [4.78, 5) is 2.95. The summed E-state index contributed by atoms with van der Waals surface area (Å²) >= 11 is 5.28. The highest BCUT2D eigenvalue weighted by molar-refractivity contribution is 7.71. The molecule has 5 heteroatoms. The van der Waals surface area contributed by atoms with Crippen molar-refractivity contribution in [1.29, 1.82) is 0 Å². The van der Waals surface area contributed by atoms with E-state index >= 15 is 0 Å². The summed E-state index contributed by atoms with van der Waals surface area (Å²) in [6.07, 6.45) is 0. The van der Waals surface area contributed by atoms with Crippen LogP contribution < -0.4 is 0 Å². The molecule has 0 aliphatic heterocycles. The Bertz CT molecular complexity index is 835. The smallest absolute Gasteiger partial charge is 0.178 e. The van der Waals surface area contributed by atoms with E-state index in [4.69, 9.17) is 12.2 Å². The van der Waals surface area contributed by atoms with Crippen LogP contribution in [-0.2, 0) is 0 Å². The number of aromatic amines is 1. The van der Waals surface area contributed by atoms with Crippen molar-refractivity contribution in [2.24, 2.45) is 0 Å². The van der Waals surface area contributed by atoms with Crippen molar-refractivity contribution < 1.29 is 8.78 Å². The van der Waals surface area contributed by atoms with Crippen molar-refractivity contribution in [2.45, 2.75) is 13.0 Å². The lowest BCUT2D eigenvalue weighted by Crippen LogP contribution is -2.08. The van der Waals surface area contributed by atoms with Crippen molar-refractivity contribution in [3.05, 3.63) is 64.4 Å². The summed E-state index contributed by atoms with van der Waals surface area (Å²) in [7, 11) is 0. The predicted molar refractivity (Wildman–Crippen MR) is 77.3 cm³/mol. The summed E-state index contributed by atoms with van der Waals surface area (Å²) in [5.74, 6) is -0.613. The summed E-state index contributed by atoms with van der Waals surface area (Å²) in [5.41, 5.74) is 1.92. The van der Waals surface area contributed by atoms with Gasteiger partial charge in [0.15, 0.2) is 4.77 Å². The van der Waals surface area contributed by atoms with E-state index in [-0.39, 0.29) is 17.7 Å². The van der Waals surface area contributed by atoms with E-state index in [0.717, 1.165) is 5.52 Å². The van der Waals surface area contributed by atoms with Crippen LogP contribution in [0.25, 0.3) is 11.0 Å². The lowest BCUT2D eigenvalue weighted by Gasteiger charge is -2.15. The number of aromatic nitrogens is 2. The molecule has 0 saturated heterocycles. The maximum Gasteiger partial charge on any atom is 0.178 e. The molecule has 102 valence electrons. The molecule has 1 heterocycles. The molecular formula is C15H12F2N2S. The Labute approximate surface area is 119 Å². The molecule has 0 amide bonds. The van der Waals surface area contributed by atoms with Gasteiger partial charge in [-0.05, 0) is 43.4 Å². The molecule has 3 aromatic rings. The van der Waals surface area contributed by atoms with Gasteiger partial charge < -0.3 is 9.55 Å². The minimum absolute atomic E-state index is 0.275. The van der Waals surface area contributed by atoms with Crippen LogP contribution in [0.1, 0.15) is 18.5 Å². The van der Waals surface area contributed by atoms with Gasteiger partial charge in [-0.3, -0.25) is 0 Å². The Morgan fingerprint density at radius 2 is 1.90 bits per heavy atom. The molecule has 0 aliphatic carbocycles. The molecule has 20 heavy (non-hydrogen) atoms. The number of hydrogen-bond acceptors (Lipinski definition) is 1. The van der Waals surface area contributed by atoms with E-state index in [1.807, 2.05) is 6.92 Å². The van der Waals surface area contributed by atoms with E-state index < -0.39 is 0 Å². The molecule has 0 fully saturated rings. The summed E-state index contributed by atoms with van der Waals surface area (Å²) in [6.45, 7) is 1.87. The quantitative estimate of drug-likeness (QED) is 0.685. The molecule has 0 spiro atoms. The maximum absolute atomic E-state index is 13.9. The molecule has 0 radical (unpaired) electrons. The monoisotopic (exact) mass is 290 g/mol. The van der Waals surface area contributed by atoms with E-state index in [0.29, 0.717) is 15.9 Å². The van der Waals surface area contributed by atoms with Gasteiger partial charge in [0.05, 0.1) is 17.1 Å². The van der Waals surface area contributed by atoms with Gasteiger partial charge in [-0.1, -0.05) is 18.2 Å². The fraction of sp³-hybridized carbons (Fsp3) is 0.133. The van der Waals surface area contributed by atoms with Crippen LogP contribution in [0.4, 0.5) is 8.78 Å². The first-order valence-corrected chi connectivity index (χ1v) is 6.63. The lowest BCUT2D eigenvalue weighted by molar-refractivity contribution is 0.561. The zero-order chi connectivity index (χ0) is 14.3. The van der Waals surface area contributed by atoms with Gasteiger partial charge in [-0.15, -0.1) is 0 Å². The van der Waals surface area contributed by atoms with Crippen LogP contribution in [0.5, 0.6) is 0 Å². The second kappa shape index (κ2) is 4.83. The Hall–Kier alpha value is -2.01. The standard InChI is InChI=1S/C15H12F2N2S/c1-9(11-4-2-3-5-12(11)17)19-14-7-6-10(16)8-13(14)18-15(19)20/h2-9H,1H3,(H,18,20). The van der Waals surface area contributed by atoms with Gasteiger partial charge >= 0.3 is 0 Å². The topological polar surface area (TPSA) is 20.7 Å². The average molecular weight is 290 g/mol. The number of H-pyrrole nitrogens is 1. The zero-order valence-corrected chi connectivity index (χ0v) is 11.5. The maximum atomic E-state index is 13.9. The summed E-state index contributed by atoms with van der Waals surface area (Å²) < 4.78 is 29.4. The van der Waals surface area contributed by atoms with Gasteiger partial charge in [0.2, 0.25) is 0 Å². The van der Waals surface area contributed by atoms with E-state index in [1.54, 1.807) is 28.8 Å². The number of halogens is 2. The summed E-state index contributed by atoms with van der Waals surface area (Å²) in [5, 5.41) is 0. The first-order valence-electron chi connectivity index (χ1n) is 6.22. The van der Waals surface area contributed by atoms with Gasteiger partial charge in [-0.25, -0.2) is 8.78 Å². The average Bonchev–Trinajstić information content (AvgIpc) is 2.73. The first-order chi connectivity index (χ1) is 9.58. The minimum atomic E-state index is -0.334. The van der Waals surface area contributed by atoms with Crippen LogP contribution in [0, 0.1) is 16.4 Å². The Kier molecular flexibility index (Phi) is 3.14. The highest BCUT2D eigenvalue weighted by Crippen LogP contribution is 2.26. The first kappa shape index (κ1) is 13.0. The van der Waals surface area contributed by atoms with Crippen LogP contribution in [0.2, 0.25) is 0 Å². The highest BCUT2D eigenvalue weighted by atomic mass is 32.1. The Balaban J connectivity index is 2.22. The lowest BCUT2D eigenvalue weighted by atomic mass is 10.1. The predicted octanol–water partition coefficient (Wildman–Crippen LogP) is 4.59. The van der Waals surface area contributed by atoms with Crippen LogP contribution in [-0.4, -0.2) is 9.55 Å². The molecular weight excluding hydrogens is 278 g/mol. The molecule has 0 bridgehead atoms. The molecule has 2 nitrogen and oxygen atoms in total. The van der Waals surface area contributed by atoms with Crippen LogP contribution in [0.3, 0.4) is 0 Å². The Morgan fingerprint density at radius 3 is 2.65 bits per heavy atom. The third-order valence-corrected chi connectivity index (χ3v) is 3.72. The largest absolute Gasteiger partial charge is 0.330 e. The minimum Gasteiger partial charge on any atom is -0.330 e. The molecule has 1 atom stereocenters. The van der Waals surface area contributed by atoms with Crippen molar-refractivity contribution in [3.63, 3.8) is 0 Å². The van der Waals surface area contributed by atoms with Gasteiger partial charge in [0.25, 0.3) is 0 Å². The molecule has 2 aromatic carbocycles.